The van der Waals surface area contributed by atoms with Gasteiger partial charge >= 0.3 is 5.97 Å². The van der Waals surface area contributed by atoms with E-state index in [1.54, 1.807) is 0 Å². The zero-order valence-corrected chi connectivity index (χ0v) is 18.6. The first-order valence-electron chi connectivity index (χ1n) is 10.6. The molecule has 2 N–H and O–H groups in total. The van der Waals surface area contributed by atoms with Crippen molar-refractivity contribution in [2.24, 2.45) is 5.14 Å². The van der Waals surface area contributed by atoms with Crippen molar-refractivity contribution in [1.29, 1.82) is 0 Å². The van der Waals surface area contributed by atoms with Gasteiger partial charge in [-0.25, -0.2) is 18.4 Å². The van der Waals surface area contributed by atoms with Gasteiger partial charge in [0.25, 0.3) is 5.91 Å². The largest absolute Gasteiger partial charge is 0.452 e. The molecule has 30 heavy (non-hydrogen) atoms. The van der Waals surface area contributed by atoms with Crippen LogP contribution in [0.4, 0.5) is 0 Å². The quantitative estimate of drug-likeness (QED) is 0.657. The maximum atomic E-state index is 13.1. The monoisotopic (exact) mass is 456 g/mol. The molecule has 9 heteroatoms. The summed E-state index contributed by atoms with van der Waals surface area (Å²) in [6.45, 7) is -0.362. The highest BCUT2D eigenvalue weighted by Gasteiger charge is 2.33. The number of halogens is 1. The molecule has 1 aromatic carbocycles. The molecule has 0 heterocycles. The van der Waals surface area contributed by atoms with Gasteiger partial charge in [0.15, 0.2) is 6.61 Å². The second-order valence-corrected chi connectivity index (χ2v) is 10.1. The summed E-state index contributed by atoms with van der Waals surface area (Å²) in [5, 5.41) is 5.05. The number of esters is 1. The molecule has 0 saturated heterocycles. The highest BCUT2D eigenvalue weighted by molar-refractivity contribution is 7.89. The van der Waals surface area contributed by atoms with Gasteiger partial charge in [-0.15, -0.1) is 0 Å². The van der Waals surface area contributed by atoms with Crippen molar-refractivity contribution in [1.82, 2.24) is 4.90 Å². The van der Waals surface area contributed by atoms with Crippen molar-refractivity contribution in [2.75, 3.05) is 6.61 Å². The molecule has 2 fully saturated rings. The maximum absolute atomic E-state index is 13.1. The Morgan fingerprint density at radius 2 is 1.53 bits per heavy atom. The average Bonchev–Trinajstić information content (AvgIpc) is 2.73. The molecule has 2 aliphatic rings. The summed E-state index contributed by atoms with van der Waals surface area (Å²) in [6, 6.07) is 4.11. The van der Waals surface area contributed by atoms with Gasteiger partial charge in [-0.05, 0) is 43.9 Å². The lowest BCUT2D eigenvalue weighted by molar-refractivity contribution is -0.141. The fourth-order valence-corrected chi connectivity index (χ4v) is 5.63. The Morgan fingerprint density at radius 1 is 1.00 bits per heavy atom. The Labute approximate surface area is 182 Å². The van der Waals surface area contributed by atoms with E-state index < -0.39 is 16.0 Å². The first-order chi connectivity index (χ1) is 14.3. The van der Waals surface area contributed by atoms with Crippen LogP contribution in [0.15, 0.2) is 23.1 Å². The van der Waals surface area contributed by atoms with Crippen molar-refractivity contribution in [2.45, 2.75) is 81.2 Å². The lowest BCUT2D eigenvalue weighted by Crippen LogP contribution is -2.50. The number of rotatable bonds is 6. The number of carbonyl (C=O) groups excluding carboxylic acids is 2. The number of hydrogen-bond acceptors (Lipinski definition) is 5. The number of carbonyl (C=O) groups is 2. The first-order valence-corrected chi connectivity index (χ1v) is 12.5. The van der Waals surface area contributed by atoms with Crippen LogP contribution in [0.3, 0.4) is 0 Å². The van der Waals surface area contributed by atoms with Gasteiger partial charge in [0, 0.05) is 12.1 Å². The number of hydrogen-bond donors (Lipinski definition) is 1. The van der Waals surface area contributed by atoms with Crippen LogP contribution in [0.25, 0.3) is 0 Å². The lowest BCUT2D eigenvalue weighted by Gasteiger charge is -2.41. The number of nitrogens with two attached hydrogens (primary N) is 1. The van der Waals surface area contributed by atoms with E-state index in [0.29, 0.717) is 0 Å². The highest BCUT2D eigenvalue weighted by Crippen LogP contribution is 2.30. The third-order valence-electron chi connectivity index (χ3n) is 6.02. The van der Waals surface area contributed by atoms with E-state index in [-0.39, 0.29) is 40.1 Å². The molecule has 1 aromatic rings. The molecule has 1 amide bonds. The van der Waals surface area contributed by atoms with E-state index in [9.17, 15) is 18.0 Å². The molecule has 7 nitrogen and oxygen atoms in total. The van der Waals surface area contributed by atoms with E-state index in [4.69, 9.17) is 21.5 Å². The first kappa shape index (κ1) is 23.0. The predicted molar refractivity (Wildman–Crippen MR) is 114 cm³/mol. The summed E-state index contributed by atoms with van der Waals surface area (Å²) in [5.74, 6) is -0.958. The molecule has 0 radical (unpaired) electrons. The number of nitrogens with zero attached hydrogens (tertiary/aromatic N) is 1. The molecule has 2 saturated carbocycles. The van der Waals surface area contributed by atoms with E-state index in [1.165, 1.54) is 25.0 Å². The molecule has 0 aliphatic heterocycles. The average molecular weight is 457 g/mol. The fourth-order valence-electron chi connectivity index (χ4n) is 4.56. The van der Waals surface area contributed by atoms with Crippen molar-refractivity contribution in [3.8, 4) is 0 Å². The van der Waals surface area contributed by atoms with Crippen molar-refractivity contribution in [3.63, 3.8) is 0 Å². The minimum absolute atomic E-state index is 0.0156. The minimum Gasteiger partial charge on any atom is -0.452 e. The van der Waals surface area contributed by atoms with Crippen LogP contribution in [0.1, 0.15) is 74.6 Å². The van der Waals surface area contributed by atoms with Crippen LogP contribution in [0.2, 0.25) is 5.02 Å². The van der Waals surface area contributed by atoms with Crippen molar-refractivity contribution < 1.29 is 22.7 Å². The van der Waals surface area contributed by atoms with Gasteiger partial charge in [-0.1, -0.05) is 50.1 Å². The van der Waals surface area contributed by atoms with Crippen LogP contribution in [-0.4, -0.2) is 43.9 Å². The normalized spacial score (nSPS) is 18.7. The number of amides is 1. The second kappa shape index (κ2) is 10.1. The standard InChI is InChI=1S/C21H29ClN2O5S/c22-18-12-11-15(13-19(18)30(23,27)28)21(26)29-14-20(25)24(16-7-3-1-4-8-16)17-9-5-2-6-10-17/h11-13,16-17H,1-10,14H2,(H2,23,27,28). The van der Waals surface area contributed by atoms with Gasteiger partial charge in [0.1, 0.15) is 4.90 Å². The Hall–Kier alpha value is -1.64. The number of ether oxygens (including phenoxy) is 1. The highest BCUT2D eigenvalue weighted by atomic mass is 35.5. The molecular weight excluding hydrogens is 428 g/mol. The van der Waals surface area contributed by atoms with Gasteiger partial charge in [0.2, 0.25) is 10.0 Å². The zero-order chi connectivity index (χ0) is 21.7. The molecule has 0 aromatic heterocycles. The molecule has 166 valence electrons. The molecular formula is C21H29ClN2O5S. The van der Waals surface area contributed by atoms with Gasteiger partial charge < -0.3 is 9.64 Å². The van der Waals surface area contributed by atoms with Gasteiger partial charge in [0.05, 0.1) is 10.6 Å². The maximum Gasteiger partial charge on any atom is 0.338 e. The number of sulfonamides is 1. The SMILES string of the molecule is NS(=O)(=O)c1cc(C(=O)OCC(=O)N(C2CCCCC2)C2CCCCC2)ccc1Cl. The van der Waals surface area contributed by atoms with Crippen LogP contribution < -0.4 is 5.14 Å². The Bertz CT molecular complexity index is 859. The van der Waals surface area contributed by atoms with Crippen LogP contribution in [-0.2, 0) is 19.6 Å². The smallest absolute Gasteiger partial charge is 0.338 e. The second-order valence-electron chi connectivity index (χ2n) is 8.15. The van der Waals surface area contributed by atoms with Crippen molar-refractivity contribution in [3.05, 3.63) is 28.8 Å². The van der Waals surface area contributed by atoms with E-state index in [2.05, 4.69) is 0 Å². The van der Waals surface area contributed by atoms with Crippen molar-refractivity contribution >= 4 is 33.5 Å². The summed E-state index contributed by atoms with van der Waals surface area (Å²) >= 11 is 5.85. The Kier molecular flexibility index (Phi) is 7.76. The van der Waals surface area contributed by atoms with E-state index >= 15 is 0 Å². The van der Waals surface area contributed by atoms with Crippen LogP contribution >= 0.6 is 11.6 Å². The molecule has 0 bridgehead atoms. The summed E-state index contributed by atoms with van der Waals surface area (Å²) in [5.41, 5.74) is -0.0156. The topological polar surface area (TPSA) is 107 Å². The molecule has 3 rings (SSSR count). The third kappa shape index (κ3) is 5.74. The zero-order valence-electron chi connectivity index (χ0n) is 17.0. The Balaban J connectivity index is 1.69. The third-order valence-corrected chi connectivity index (χ3v) is 7.42. The molecule has 0 unspecified atom stereocenters. The molecule has 2 aliphatic carbocycles. The van der Waals surface area contributed by atoms with Crippen LogP contribution in [0, 0.1) is 0 Å². The van der Waals surface area contributed by atoms with E-state index in [0.717, 1.165) is 57.4 Å². The minimum atomic E-state index is -4.08. The lowest BCUT2D eigenvalue weighted by atomic mass is 9.88. The fraction of sp³-hybridized carbons (Fsp3) is 0.619. The number of benzene rings is 1. The molecule has 0 spiro atoms. The van der Waals surface area contributed by atoms with Crippen LogP contribution in [0.5, 0.6) is 0 Å². The van der Waals surface area contributed by atoms with Gasteiger partial charge in [-0.2, -0.15) is 0 Å². The summed E-state index contributed by atoms with van der Waals surface area (Å²) in [7, 11) is -4.08. The summed E-state index contributed by atoms with van der Waals surface area (Å²) in [6.07, 6.45) is 10.8. The summed E-state index contributed by atoms with van der Waals surface area (Å²) < 4.78 is 28.5. The number of primary sulfonamides is 1. The summed E-state index contributed by atoms with van der Waals surface area (Å²) in [4.78, 5) is 27.1. The van der Waals surface area contributed by atoms with E-state index in [1.807, 2.05) is 4.90 Å². The molecule has 0 atom stereocenters. The predicted octanol–water partition coefficient (Wildman–Crippen LogP) is 3.64. The Morgan fingerprint density at radius 3 is 2.03 bits per heavy atom. The van der Waals surface area contributed by atoms with Gasteiger partial charge in [-0.3, -0.25) is 4.79 Å².